The summed E-state index contributed by atoms with van der Waals surface area (Å²) >= 11 is 5.89. The van der Waals surface area contributed by atoms with Crippen LogP contribution in [0.1, 0.15) is 5.56 Å². The Morgan fingerprint density at radius 2 is 1.78 bits per heavy atom. The molecule has 4 rings (SSSR count). The van der Waals surface area contributed by atoms with Gasteiger partial charge in [-0.1, -0.05) is 16.8 Å². The van der Waals surface area contributed by atoms with Gasteiger partial charge < -0.3 is 14.3 Å². The molecule has 138 valence electrons. The van der Waals surface area contributed by atoms with Gasteiger partial charge in [-0.05, 0) is 36.4 Å². The van der Waals surface area contributed by atoms with E-state index in [1.54, 1.807) is 49.6 Å². The van der Waals surface area contributed by atoms with Gasteiger partial charge in [0.05, 0.1) is 19.9 Å². The van der Waals surface area contributed by atoms with Crippen LogP contribution in [0.3, 0.4) is 0 Å². The first-order valence-corrected chi connectivity index (χ1v) is 8.52. The van der Waals surface area contributed by atoms with Crippen LogP contribution in [0.15, 0.2) is 47.6 Å². The van der Waals surface area contributed by atoms with Crippen LogP contribution < -0.4 is 14.4 Å². The van der Waals surface area contributed by atoms with Crippen molar-refractivity contribution in [1.82, 2.24) is 0 Å². The highest BCUT2D eigenvalue weighted by molar-refractivity contribution is 6.33. The quantitative estimate of drug-likeness (QED) is 0.755. The lowest BCUT2D eigenvalue weighted by Crippen LogP contribution is -2.33. The Bertz CT molecular complexity index is 957. The van der Waals surface area contributed by atoms with Crippen LogP contribution in [0.25, 0.3) is 0 Å². The first-order chi connectivity index (χ1) is 13.0. The van der Waals surface area contributed by atoms with Gasteiger partial charge in [0.1, 0.15) is 23.1 Å². The highest BCUT2D eigenvalue weighted by Gasteiger charge is 2.56. The Kier molecular flexibility index (Phi) is 4.24. The van der Waals surface area contributed by atoms with Crippen molar-refractivity contribution in [3.8, 4) is 11.5 Å². The zero-order valence-corrected chi connectivity index (χ0v) is 15.3. The third-order valence-electron chi connectivity index (χ3n) is 4.58. The molecular weight excluding hydrogens is 372 g/mol. The summed E-state index contributed by atoms with van der Waals surface area (Å²) in [7, 11) is 3.05. The van der Waals surface area contributed by atoms with E-state index in [1.807, 2.05) is 0 Å². The van der Waals surface area contributed by atoms with Gasteiger partial charge in [0.2, 0.25) is 12.0 Å². The average Bonchev–Trinajstić information content (AvgIpc) is 3.22. The first kappa shape index (κ1) is 17.4. The Hall–Kier alpha value is -3.06. The number of oxime groups is 1. The van der Waals surface area contributed by atoms with E-state index < -0.39 is 23.8 Å². The van der Waals surface area contributed by atoms with E-state index in [4.69, 9.17) is 25.9 Å². The molecule has 2 aromatic carbocycles. The molecular formula is C19H15ClN2O5. The summed E-state index contributed by atoms with van der Waals surface area (Å²) in [6, 6.07) is 11.6. The summed E-state index contributed by atoms with van der Waals surface area (Å²) in [5, 5.41) is 4.52. The van der Waals surface area contributed by atoms with Crippen molar-refractivity contribution >= 4 is 34.8 Å². The summed E-state index contributed by atoms with van der Waals surface area (Å²) in [4.78, 5) is 32.2. The number of imide groups is 1. The van der Waals surface area contributed by atoms with Crippen LogP contribution in [0, 0.1) is 5.92 Å². The Morgan fingerprint density at radius 3 is 2.44 bits per heavy atom. The molecule has 0 aliphatic carbocycles. The predicted molar refractivity (Wildman–Crippen MR) is 98.4 cm³/mol. The molecule has 0 radical (unpaired) electrons. The Morgan fingerprint density at radius 1 is 1.04 bits per heavy atom. The SMILES string of the molecule is COc1ccc(C2=NO[C@@H]3C(=O)N(c4ccc(Cl)cc4)C(=O)[C@H]23)c(OC)c1. The number of halogens is 1. The first-order valence-electron chi connectivity index (χ1n) is 8.14. The fourth-order valence-corrected chi connectivity index (χ4v) is 3.38. The van der Waals surface area contributed by atoms with Gasteiger partial charge in [-0.2, -0.15) is 0 Å². The van der Waals surface area contributed by atoms with Crippen molar-refractivity contribution in [2.24, 2.45) is 11.1 Å². The molecule has 0 bridgehead atoms. The highest BCUT2D eigenvalue weighted by Crippen LogP contribution is 2.38. The second kappa shape index (κ2) is 6.59. The smallest absolute Gasteiger partial charge is 0.278 e. The Labute approximate surface area is 160 Å². The molecule has 0 saturated carbocycles. The van der Waals surface area contributed by atoms with Crippen LogP contribution in [-0.2, 0) is 14.4 Å². The summed E-state index contributed by atoms with van der Waals surface area (Å²) in [6.45, 7) is 0. The lowest BCUT2D eigenvalue weighted by atomic mass is 9.93. The Balaban J connectivity index is 1.71. The van der Waals surface area contributed by atoms with Crippen molar-refractivity contribution < 1.29 is 23.9 Å². The summed E-state index contributed by atoms with van der Waals surface area (Å²) < 4.78 is 10.6. The molecule has 2 atom stereocenters. The van der Waals surface area contributed by atoms with Crippen LogP contribution in [0.4, 0.5) is 5.69 Å². The molecule has 2 aromatic rings. The minimum absolute atomic E-state index is 0.356. The maximum Gasteiger partial charge on any atom is 0.278 e. The molecule has 27 heavy (non-hydrogen) atoms. The van der Waals surface area contributed by atoms with Crippen molar-refractivity contribution in [2.75, 3.05) is 19.1 Å². The molecule has 7 nitrogen and oxygen atoms in total. The number of rotatable bonds is 4. The summed E-state index contributed by atoms with van der Waals surface area (Å²) in [5.41, 5.74) is 1.37. The summed E-state index contributed by atoms with van der Waals surface area (Å²) in [6.07, 6.45) is -0.991. The number of nitrogens with zero attached hydrogens (tertiary/aromatic N) is 2. The largest absolute Gasteiger partial charge is 0.497 e. The minimum atomic E-state index is -0.991. The number of amides is 2. The van der Waals surface area contributed by atoms with Crippen molar-refractivity contribution in [1.29, 1.82) is 0 Å². The predicted octanol–water partition coefficient (Wildman–Crippen LogP) is 2.65. The van der Waals surface area contributed by atoms with E-state index in [9.17, 15) is 9.59 Å². The maximum absolute atomic E-state index is 13.0. The van der Waals surface area contributed by atoms with E-state index in [2.05, 4.69) is 5.16 Å². The number of carbonyl (C=O) groups excluding carboxylic acids is 2. The van der Waals surface area contributed by atoms with Crippen LogP contribution in [0.2, 0.25) is 5.02 Å². The van der Waals surface area contributed by atoms with Crippen molar-refractivity contribution in [3.05, 3.63) is 53.1 Å². The molecule has 2 heterocycles. The fraction of sp³-hybridized carbons (Fsp3) is 0.211. The second-order valence-electron chi connectivity index (χ2n) is 6.03. The highest BCUT2D eigenvalue weighted by atomic mass is 35.5. The normalized spacial score (nSPS) is 21.0. The molecule has 0 unspecified atom stereocenters. The minimum Gasteiger partial charge on any atom is -0.497 e. The number of carbonyl (C=O) groups is 2. The molecule has 1 saturated heterocycles. The van der Waals surface area contributed by atoms with E-state index in [1.165, 1.54) is 7.11 Å². The molecule has 8 heteroatoms. The molecule has 0 spiro atoms. The lowest BCUT2D eigenvalue weighted by molar-refractivity contribution is -0.126. The number of methoxy groups -OCH3 is 2. The van der Waals surface area contributed by atoms with Gasteiger partial charge >= 0.3 is 0 Å². The third kappa shape index (κ3) is 2.71. The van der Waals surface area contributed by atoms with Crippen LogP contribution >= 0.6 is 11.6 Å². The maximum atomic E-state index is 13.0. The standard InChI is InChI=1S/C19H15ClN2O5/c1-25-12-7-8-13(14(9-12)26-2)16-15-17(27-21-16)19(24)22(18(15)23)11-5-3-10(20)4-6-11/h3-9,15,17H,1-2H3/t15-,17+/m1/s1. The number of hydrogen-bond donors (Lipinski definition) is 0. The third-order valence-corrected chi connectivity index (χ3v) is 4.83. The van der Waals surface area contributed by atoms with Crippen LogP contribution in [0.5, 0.6) is 11.5 Å². The number of anilines is 1. The van der Waals surface area contributed by atoms with Crippen LogP contribution in [-0.4, -0.2) is 37.8 Å². The number of benzene rings is 2. The van der Waals surface area contributed by atoms with Gasteiger partial charge in [0.25, 0.3) is 5.91 Å². The van der Waals surface area contributed by atoms with Gasteiger partial charge in [-0.3, -0.25) is 9.59 Å². The average molecular weight is 387 g/mol. The van der Waals surface area contributed by atoms with E-state index in [0.29, 0.717) is 33.5 Å². The lowest BCUT2D eigenvalue weighted by Gasteiger charge is -2.16. The molecule has 2 amide bonds. The molecule has 2 aliphatic rings. The number of fused-ring (bicyclic) bond motifs is 1. The molecule has 2 aliphatic heterocycles. The fourth-order valence-electron chi connectivity index (χ4n) is 3.26. The number of hydrogen-bond acceptors (Lipinski definition) is 6. The monoisotopic (exact) mass is 386 g/mol. The second-order valence-corrected chi connectivity index (χ2v) is 6.47. The van der Waals surface area contributed by atoms with E-state index in [-0.39, 0.29) is 0 Å². The van der Waals surface area contributed by atoms with Gasteiger partial charge in [-0.15, -0.1) is 0 Å². The summed E-state index contributed by atoms with van der Waals surface area (Å²) in [5.74, 6) is -0.624. The zero-order valence-electron chi connectivity index (χ0n) is 14.5. The number of ether oxygens (including phenoxy) is 2. The molecule has 0 aromatic heterocycles. The van der Waals surface area contributed by atoms with E-state index in [0.717, 1.165) is 4.90 Å². The molecule has 0 N–H and O–H groups in total. The van der Waals surface area contributed by atoms with E-state index >= 15 is 0 Å². The van der Waals surface area contributed by atoms with Crippen molar-refractivity contribution in [2.45, 2.75) is 6.10 Å². The molecule has 1 fully saturated rings. The zero-order chi connectivity index (χ0) is 19.1. The topological polar surface area (TPSA) is 77.4 Å². The van der Waals surface area contributed by atoms with Gasteiger partial charge in [0.15, 0.2) is 0 Å². The van der Waals surface area contributed by atoms with Gasteiger partial charge in [-0.25, -0.2) is 4.90 Å². The van der Waals surface area contributed by atoms with Gasteiger partial charge in [0, 0.05) is 16.7 Å². The van der Waals surface area contributed by atoms with Crippen molar-refractivity contribution in [3.63, 3.8) is 0 Å².